The van der Waals surface area contributed by atoms with Crippen molar-refractivity contribution in [3.63, 3.8) is 0 Å². The third-order valence-corrected chi connectivity index (χ3v) is 3.15. The van der Waals surface area contributed by atoms with Crippen LogP contribution in [0.3, 0.4) is 0 Å². The molecule has 0 unspecified atom stereocenters. The van der Waals surface area contributed by atoms with Gasteiger partial charge in [0.05, 0.1) is 7.11 Å². The molecule has 0 fully saturated rings. The predicted molar refractivity (Wildman–Crippen MR) is 80.2 cm³/mol. The second-order valence-electron chi connectivity index (χ2n) is 4.59. The maximum atomic E-state index is 12.0. The van der Waals surface area contributed by atoms with E-state index < -0.39 is 0 Å². The Morgan fingerprint density at radius 2 is 1.86 bits per heavy atom. The molecule has 0 aliphatic rings. The Bertz CT molecular complexity index is 624. The first-order valence-electron chi connectivity index (χ1n) is 6.57. The van der Waals surface area contributed by atoms with E-state index in [-0.39, 0.29) is 11.7 Å². The molecule has 2 aromatic carbocycles. The number of benzene rings is 2. The van der Waals surface area contributed by atoms with Crippen LogP contribution in [0.5, 0.6) is 11.5 Å². The van der Waals surface area contributed by atoms with Crippen molar-refractivity contribution in [1.29, 1.82) is 0 Å². The highest BCUT2D eigenvalue weighted by atomic mass is 16.5. The summed E-state index contributed by atoms with van der Waals surface area (Å²) < 4.78 is 4.94. The minimum Gasteiger partial charge on any atom is -0.504 e. The van der Waals surface area contributed by atoms with Crippen LogP contribution in [0.15, 0.2) is 42.5 Å². The molecular formula is C16H18N2O3. The molecular weight excluding hydrogens is 268 g/mol. The highest BCUT2D eigenvalue weighted by Crippen LogP contribution is 2.26. The number of amides is 1. The van der Waals surface area contributed by atoms with Crippen molar-refractivity contribution in [1.82, 2.24) is 5.32 Å². The van der Waals surface area contributed by atoms with E-state index >= 15 is 0 Å². The third-order valence-electron chi connectivity index (χ3n) is 3.15. The lowest BCUT2D eigenvalue weighted by Gasteiger charge is -2.08. The number of nitrogens with two attached hydrogens (primary N) is 1. The summed E-state index contributed by atoms with van der Waals surface area (Å²) in [7, 11) is 1.46. The number of ether oxygens (including phenoxy) is 1. The lowest BCUT2D eigenvalue weighted by atomic mass is 10.1. The Morgan fingerprint density at radius 1 is 1.19 bits per heavy atom. The first-order valence-corrected chi connectivity index (χ1v) is 6.57. The number of methoxy groups -OCH3 is 1. The summed E-state index contributed by atoms with van der Waals surface area (Å²) in [6.07, 6.45) is 0. The highest BCUT2D eigenvalue weighted by molar-refractivity contribution is 5.94. The molecule has 2 aromatic rings. The van der Waals surface area contributed by atoms with Crippen LogP contribution in [-0.4, -0.2) is 18.1 Å². The lowest BCUT2D eigenvalue weighted by Crippen LogP contribution is -2.22. The fourth-order valence-corrected chi connectivity index (χ4v) is 1.91. The zero-order valence-electron chi connectivity index (χ0n) is 11.8. The molecule has 0 spiro atoms. The van der Waals surface area contributed by atoms with Crippen LogP contribution in [0, 0.1) is 0 Å². The molecule has 110 valence electrons. The molecule has 0 aromatic heterocycles. The molecule has 0 atom stereocenters. The average molecular weight is 286 g/mol. The predicted octanol–water partition coefficient (Wildman–Crippen LogP) is 1.79. The fourth-order valence-electron chi connectivity index (χ4n) is 1.91. The van der Waals surface area contributed by atoms with Gasteiger partial charge >= 0.3 is 0 Å². The summed E-state index contributed by atoms with van der Waals surface area (Å²) in [5.41, 5.74) is 7.94. The smallest absolute Gasteiger partial charge is 0.251 e. The van der Waals surface area contributed by atoms with Gasteiger partial charge in [0.2, 0.25) is 0 Å². The summed E-state index contributed by atoms with van der Waals surface area (Å²) in [6, 6.07) is 12.3. The molecule has 0 bridgehead atoms. The number of phenolic OH excluding ortho intramolecular Hbond substituents is 1. The lowest BCUT2D eigenvalue weighted by molar-refractivity contribution is 0.0950. The van der Waals surface area contributed by atoms with Crippen LogP contribution in [-0.2, 0) is 13.1 Å². The molecule has 21 heavy (non-hydrogen) atoms. The zero-order chi connectivity index (χ0) is 15.2. The summed E-state index contributed by atoms with van der Waals surface area (Å²) in [5, 5.41) is 12.5. The monoisotopic (exact) mass is 286 g/mol. The normalized spacial score (nSPS) is 10.2. The molecule has 0 aliphatic heterocycles. The Balaban J connectivity index is 1.99. The van der Waals surface area contributed by atoms with E-state index in [2.05, 4.69) is 5.32 Å². The van der Waals surface area contributed by atoms with E-state index in [0.29, 0.717) is 24.4 Å². The largest absolute Gasteiger partial charge is 0.504 e. The minimum absolute atomic E-state index is 0.0579. The average Bonchev–Trinajstić information content (AvgIpc) is 2.53. The van der Waals surface area contributed by atoms with E-state index in [4.69, 9.17) is 10.5 Å². The highest BCUT2D eigenvalue weighted by Gasteiger charge is 2.09. The summed E-state index contributed by atoms with van der Waals surface area (Å²) >= 11 is 0. The number of hydrogen-bond acceptors (Lipinski definition) is 4. The van der Waals surface area contributed by atoms with Crippen LogP contribution < -0.4 is 15.8 Å². The molecule has 0 saturated heterocycles. The van der Waals surface area contributed by atoms with E-state index in [1.54, 1.807) is 12.1 Å². The number of nitrogens with one attached hydrogen (secondary N) is 1. The Hall–Kier alpha value is -2.53. The van der Waals surface area contributed by atoms with Crippen molar-refractivity contribution in [2.75, 3.05) is 7.11 Å². The fraction of sp³-hybridized carbons (Fsp3) is 0.188. The molecule has 1 amide bonds. The van der Waals surface area contributed by atoms with Crippen LogP contribution >= 0.6 is 0 Å². The number of rotatable bonds is 5. The minimum atomic E-state index is -0.254. The second kappa shape index (κ2) is 6.76. The van der Waals surface area contributed by atoms with Gasteiger partial charge in [-0.3, -0.25) is 4.79 Å². The number of phenols is 1. The van der Waals surface area contributed by atoms with Gasteiger partial charge in [0.1, 0.15) is 0 Å². The summed E-state index contributed by atoms with van der Waals surface area (Å²) in [5.74, 6) is 0.0252. The third kappa shape index (κ3) is 3.73. The number of aromatic hydroxyl groups is 1. The number of carbonyl (C=O) groups excluding carboxylic acids is 1. The van der Waals surface area contributed by atoms with Gasteiger partial charge < -0.3 is 20.9 Å². The van der Waals surface area contributed by atoms with Gasteiger partial charge in [-0.05, 0) is 29.3 Å². The summed E-state index contributed by atoms with van der Waals surface area (Å²) in [4.78, 5) is 12.0. The molecule has 5 nitrogen and oxygen atoms in total. The molecule has 4 N–H and O–H groups in total. The zero-order valence-corrected chi connectivity index (χ0v) is 11.8. The van der Waals surface area contributed by atoms with Crippen LogP contribution in [0.25, 0.3) is 0 Å². The first kappa shape index (κ1) is 14.9. The molecule has 0 aliphatic carbocycles. The maximum absolute atomic E-state index is 12.0. The van der Waals surface area contributed by atoms with Crippen molar-refractivity contribution in [3.05, 3.63) is 59.2 Å². The number of hydrogen-bond donors (Lipinski definition) is 3. The van der Waals surface area contributed by atoms with Crippen molar-refractivity contribution in [2.24, 2.45) is 5.73 Å². The molecule has 2 rings (SSSR count). The van der Waals surface area contributed by atoms with Gasteiger partial charge in [-0.1, -0.05) is 24.3 Å². The van der Waals surface area contributed by atoms with E-state index in [0.717, 1.165) is 11.1 Å². The summed E-state index contributed by atoms with van der Waals surface area (Å²) in [6.45, 7) is 0.911. The number of carbonyl (C=O) groups is 1. The Kier molecular flexibility index (Phi) is 4.79. The SMILES string of the molecule is COc1ccc(C(=O)NCc2ccc(CN)cc2)cc1O. The Labute approximate surface area is 123 Å². The first-order chi connectivity index (χ1) is 10.1. The van der Waals surface area contributed by atoms with Crippen molar-refractivity contribution in [3.8, 4) is 11.5 Å². The molecule has 0 heterocycles. The topological polar surface area (TPSA) is 84.6 Å². The van der Waals surface area contributed by atoms with Crippen LogP contribution in [0.2, 0.25) is 0 Å². The van der Waals surface area contributed by atoms with Gasteiger partial charge in [0.25, 0.3) is 5.91 Å². The van der Waals surface area contributed by atoms with Crippen molar-refractivity contribution in [2.45, 2.75) is 13.1 Å². The molecule has 0 radical (unpaired) electrons. The van der Waals surface area contributed by atoms with E-state index in [1.807, 2.05) is 24.3 Å². The van der Waals surface area contributed by atoms with Gasteiger partial charge in [-0.2, -0.15) is 0 Å². The molecule has 0 saturated carbocycles. The molecule has 5 heteroatoms. The standard InChI is InChI=1S/C16H18N2O3/c1-21-15-7-6-13(8-14(15)19)16(20)18-10-12-4-2-11(9-17)3-5-12/h2-8,19H,9-10,17H2,1H3,(H,18,20). The van der Waals surface area contributed by atoms with Crippen molar-refractivity contribution < 1.29 is 14.6 Å². The van der Waals surface area contributed by atoms with E-state index in [9.17, 15) is 9.90 Å². The van der Waals surface area contributed by atoms with Crippen LogP contribution in [0.1, 0.15) is 21.5 Å². The second-order valence-corrected chi connectivity index (χ2v) is 4.59. The van der Waals surface area contributed by atoms with Gasteiger partial charge in [-0.25, -0.2) is 0 Å². The van der Waals surface area contributed by atoms with Gasteiger partial charge in [0.15, 0.2) is 11.5 Å². The van der Waals surface area contributed by atoms with E-state index in [1.165, 1.54) is 13.2 Å². The van der Waals surface area contributed by atoms with Crippen molar-refractivity contribution >= 4 is 5.91 Å². The Morgan fingerprint density at radius 3 is 2.43 bits per heavy atom. The van der Waals surface area contributed by atoms with Crippen LogP contribution in [0.4, 0.5) is 0 Å². The quantitative estimate of drug-likeness (QED) is 0.782. The maximum Gasteiger partial charge on any atom is 0.251 e. The van der Waals surface area contributed by atoms with Gasteiger partial charge in [0, 0.05) is 18.7 Å². The van der Waals surface area contributed by atoms with Gasteiger partial charge in [-0.15, -0.1) is 0 Å².